The zero-order valence-corrected chi connectivity index (χ0v) is 12.4. The summed E-state index contributed by atoms with van der Waals surface area (Å²) in [6.07, 6.45) is 1.34. The molecule has 0 aromatic heterocycles. The Kier molecular flexibility index (Phi) is 3.63. The van der Waals surface area contributed by atoms with Gasteiger partial charge < -0.3 is 10.5 Å². The smallest absolute Gasteiger partial charge is 0.124 e. The number of nitrogens with two attached hydrogens (primary N) is 1. The lowest BCUT2D eigenvalue weighted by molar-refractivity contribution is 0.215. The van der Waals surface area contributed by atoms with Crippen LogP contribution in [0.15, 0.2) is 42.5 Å². The van der Waals surface area contributed by atoms with Gasteiger partial charge in [0.15, 0.2) is 0 Å². The number of halogens is 2. The Bertz CT molecular complexity index is 624. The SMILES string of the molecule is NC1(Cc2c(Cl)cccc2Cl)CCOc2ccccc21. The fourth-order valence-corrected chi connectivity index (χ4v) is 3.21. The monoisotopic (exact) mass is 307 g/mol. The van der Waals surface area contributed by atoms with E-state index in [1.807, 2.05) is 42.5 Å². The van der Waals surface area contributed by atoms with Crippen LogP contribution in [0.25, 0.3) is 0 Å². The summed E-state index contributed by atoms with van der Waals surface area (Å²) in [5.41, 5.74) is 8.06. The summed E-state index contributed by atoms with van der Waals surface area (Å²) in [4.78, 5) is 0. The van der Waals surface area contributed by atoms with E-state index in [0.29, 0.717) is 23.1 Å². The molecule has 0 aliphatic carbocycles. The zero-order chi connectivity index (χ0) is 14.2. The van der Waals surface area contributed by atoms with Crippen LogP contribution in [0.5, 0.6) is 5.75 Å². The predicted octanol–water partition coefficient (Wildman–Crippen LogP) is 4.17. The average molecular weight is 308 g/mol. The summed E-state index contributed by atoms with van der Waals surface area (Å²) < 4.78 is 5.67. The van der Waals surface area contributed by atoms with Gasteiger partial charge in [0.2, 0.25) is 0 Å². The standard InChI is InChI=1S/C16H15Cl2NO/c17-13-5-3-6-14(18)11(13)10-16(19)8-9-20-15-7-2-1-4-12(15)16/h1-7H,8-10,19H2. The van der Waals surface area contributed by atoms with Gasteiger partial charge in [-0.15, -0.1) is 0 Å². The maximum absolute atomic E-state index is 6.64. The molecule has 0 saturated carbocycles. The fraction of sp³-hybridized carbons (Fsp3) is 0.250. The first-order valence-electron chi connectivity index (χ1n) is 6.54. The highest BCUT2D eigenvalue weighted by atomic mass is 35.5. The molecule has 104 valence electrons. The Labute approximate surface area is 128 Å². The predicted molar refractivity (Wildman–Crippen MR) is 82.6 cm³/mol. The van der Waals surface area contributed by atoms with E-state index in [0.717, 1.165) is 23.3 Å². The van der Waals surface area contributed by atoms with Gasteiger partial charge in [0.25, 0.3) is 0 Å². The summed E-state index contributed by atoms with van der Waals surface area (Å²) in [7, 11) is 0. The second-order valence-corrected chi connectivity index (χ2v) is 5.94. The summed E-state index contributed by atoms with van der Waals surface area (Å²) in [5, 5.41) is 1.32. The molecule has 1 aliphatic heterocycles. The van der Waals surface area contributed by atoms with E-state index in [4.69, 9.17) is 33.7 Å². The van der Waals surface area contributed by atoms with Crippen molar-refractivity contribution in [2.45, 2.75) is 18.4 Å². The highest BCUT2D eigenvalue weighted by molar-refractivity contribution is 6.36. The van der Waals surface area contributed by atoms with Crippen LogP contribution in [0.2, 0.25) is 10.0 Å². The first kappa shape index (κ1) is 13.7. The first-order chi connectivity index (χ1) is 9.60. The quantitative estimate of drug-likeness (QED) is 0.903. The molecule has 2 aromatic rings. The van der Waals surface area contributed by atoms with E-state index in [-0.39, 0.29) is 0 Å². The first-order valence-corrected chi connectivity index (χ1v) is 7.30. The Balaban J connectivity index is 2.02. The van der Waals surface area contributed by atoms with E-state index < -0.39 is 5.54 Å². The largest absolute Gasteiger partial charge is 0.493 e. The molecule has 0 fully saturated rings. The van der Waals surface area contributed by atoms with Crippen LogP contribution >= 0.6 is 23.2 Å². The van der Waals surface area contributed by atoms with E-state index in [9.17, 15) is 0 Å². The molecule has 0 bridgehead atoms. The summed E-state index contributed by atoms with van der Waals surface area (Å²) in [6, 6.07) is 13.4. The molecule has 3 rings (SSSR count). The maximum Gasteiger partial charge on any atom is 0.124 e. The highest BCUT2D eigenvalue weighted by Gasteiger charge is 2.34. The maximum atomic E-state index is 6.64. The number of hydrogen-bond donors (Lipinski definition) is 1. The fourth-order valence-electron chi connectivity index (χ4n) is 2.68. The Morgan fingerprint density at radius 2 is 1.75 bits per heavy atom. The van der Waals surface area contributed by atoms with Gasteiger partial charge in [-0.3, -0.25) is 0 Å². The summed E-state index contributed by atoms with van der Waals surface area (Å²) in [5.74, 6) is 0.851. The molecule has 1 heterocycles. The minimum absolute atomic E-state index is 0.497. The van der Waals surface area contributed by atoms with Crippen LogP contribution in [-0.4, -0.2) is 6.61 Å². The van der Waals surface area contributed by atoms with Crippen molar-refractivity contribution < 1.29 is 4.74 Å². The third kappa shape index (κ3) is 2.39. The lowest BCUT2D eigenvalue weighted by atomic mass is 9.80. The van der Waals surface area contributed by atoms with E-state index >= 15 is 0 Å². The third-order valence-corrected chi connectivity index (χ3v) is 4.49. The molecule has 1 unspecified atom stereocenters. The molecule has 0 radical (unpaired) electrons. The molecule has 0 spiro atoms. The second-order valence-electron chi connectivity index (χ2n) is 5.13. The van der Waals surface area contributed by atoms with Crippen molar-refractivity contribution in [3.63, 3.8) is 0 Å². The number of hydrogen-bond acceptors (Lipinski definition) is 2. The summed E-state index contributed by atoms with van der Waals surface area (Å²) in [6.45, 7) is 0.607. The van der Waals surface area contributed by atoms with E-state index in [2.05, 4.69) is 0 Å². The van der Waals surface area contributed by atoms with Gasteiger partial charge in [0, 0.05) is 22.0 Å². The van der Waals surface area contributed by atoms with Crippen LogP contribution < -0.4 is 10.5 Å². The molecular formula is C16H15Cl2NO. The minimum Gasteiger partial charge on any atom is -0.493 e. The topological polar surface area (TPSA) is 35.2 Å². The van der Waals surface area contributed by atoms with Gasteiger partial charge >= 0.3 is 0 Å². The van der Waals surface area contributed by atoms with Crippen LogP contribution in [-0.2, 0) is 12.0 Å². The van der Waals surface area contributed by atoms with E-state index in [1.54, 1.807) is 0 Å². The van der Waals surface area contributed by atoms with Crippen molar-refractivity contribution in [3.05, 3.63) is 63.6 Å². The molecule has 1 aliphatic rings. The van der Waals surface area contributed by atoms with Crippen LogP contribution in [0, 0.1) is 0 Å². The lowest BCUT2D eigenvalue weighted by Gasteiger charge is -2.36. The number of benzene rings is 2. The van der Waals surface area contributed by atoms with Crippen molar-refractivity contribution in [3.8, 4) is 5.75 Å². The van der Waals surface area contributed by atoms with Gasteiger partial charge in [0.05, 0.1) is 12.1 Å². The number of fused-ring (bicyclic) bond motifs is 1. The molecule has 2 aromatic carbocycles. The summed E-state index contributed by atoms with van der Waals surface area (Å²) >= 11 is 12.5. The van der Waals surface area contributed by atoms with Crippen LogP contribution in [0.1, 0.15) is 17.5 Å². The van der Waals surface area contributed by atoms with Crippen molar-refractivity contribution in [2.75, 3.05) is 6.61 Å². The molecule has 2 nitrogen and oxygen atoms in total. The molecule has 1 atom stereocenters. The number of ether oxygens (including phenoxy) is 1. The van der Waals surface area contributed by atoms with Gasteiger partial charge in [0.1, 0.15) is 5.75 Å². The second kappa shape index (κ2) is 5.28. The zero-order valence-electron chi connectivity index (χ0n) is 10.9. The van der Waals surface area contributed by atoms with Crippen molar-refractivity contribution in [1.29, 1.82) is 0 Å². The third-order valence-electron chi connectivity index (χ3n) is 3.78. The molecular weight excluding hydrogens is 293 g/mol. The molecule has 4 heteroatoms. The van der Waals surface area contributed by atoms with Gasteiger partial charge in [-0.25, -0.2) is 0 Å². The normalized spacial score (nSPS) is 21.1. The molecule has 0 saturated heterocycles. The van der Waals surface area contributed by atoms with Crippen LogP contribution in [0.4, 0.5) is 0 Å². The van der Waals surface area contributed by atoms with Gasteiger partial charge in [-0.1, -0.05) is 47.5 Å². The average Bonchev–Trinajstić information content (AvgIpc) is 2.44. The number of para-hydroxylation sites is 1. The lowest BCUT2D eigenvalue weighted by Crippen LogP contribution is -2.43. The van der Waals surface area contributed by atoms with Crippen molar-refractivity contribution in [1.82, 2.24) is 0 Å². The van der Waals surface area contributed by atoms with Gasteiger partial charge in [-0.05, 0) is 30.2 Å². The molecule has 20 heavy (non-hydrogen) atoms. The Morgan fingerprint density at radius 3 is 2.50 bits per heavy atom. The van der Waals surface area contributed by atoms with Gasteiger partial charge in [-0.2, -0.15) is 0 Å². The molecule has 2 N–H and O–H groups in total. The number of rotatable bonds is 2. The van der Waals surface area contributed by atoms with Crippen LogP contribution in [0.3, 0.4) is 0 Å². The highest BCUT2D eigenvalue weighted by Crippen LogP contribution is 2.39. The minimum atomic E-state index is -0.497. The van der Waals surface area contributed by atoms with E-state index in [1.165, 1.54) is 0 Å². The Hall–Kier alpha value is -1.22. The van der Waals surface area contributed by atoms with Crippen molar-refractivity contribution in [2.24, 2.45) is 5.73 Å². The molecule has 0 amide bonds. The van der Waals surface area contributed by atoms with Crippen molar-refractivity contribution >= 4 is 23.2 Å². The Morgan fingerprint density at radius 1 is 1.05 bits per heavy atom.